The summed E-state index contributed by atoms with van der Waals surface area (Å²) in [5.41, 5.74) is 15.2. The van der Waals surface area contributed by atoms with E-state index >= 15 is 0 Å². The maximum atomic E-state index is 11.6. The van der Waals surface area contributed by atoms with Gasteiger partial charge in [-0.2, -0.15) is 0 Å². The maximum absolute atomic E-state index is 11.6. The average molecular weight is 318 g/mol. The Labute approximate surface area is 140 Å². The second-order valence-corrected chi connectivity index (χ2v) is 6.07. The molecule has 0 aliphatic carbocycles. The largest absolute Gasteiger partial charge is 0.383 e. The molecule has 0 saturated heterocycles. The standard InChI is InChI=1S/C19H18N4O/c20-17-15(18(21)24)10-14-13-8-4-5-9-16(13)23(19(14)22-17)11-12-6-2-1-3-7-12/h1-10,14,19H,11H2,(H2,20,22)(H2,21,24). The van der Waals surface area contributed by atoms with Crippen LogP contribution in [0.15, 0.2) is 71.2 Å². The summed E-state index contributed by atoms with van der Waals surface area (Å²) in [6.07, 6.45) is 1.71. The van der Waals surface area contributed by atoms with Crippen molar-refractivity contribution in [1.82, 2.24) is 0 Å². The molecule has 2 unspecified atom stereocenters. The van der Waals surface area contributed by atoms with E-state index in [1.54, 1.807) is 0 Å². The van der Waals surface area contributed by atoms with E-state index in [0.717, 1.165) is 17.8 Å². The number of aliphatic imine (C=N–C) groups is 1. The van der Waals surface area contributed by atoms with E-state index in [4.69, 9.17) is 11.5 Å². The van der Waals surface area contributed by atoms with Gasteiger partial charge in [0.1, 0.15) is 12.0 Å². The number of para-hydroxylation sites is 1. The minimum absolute atomic E-state index is 0.0142. The molecular weight excluding hydrogens is 300 g/mol. The van der Waals surface area contributed by atoms with E-state index in [9.17, 15) is 4.79 Å². The lowest BCUT2D eigenvalue weighted by Gasteiger charge is -2.29. The number of anilines is 1. The second kappa shape index (κ2) is 5.53. The molecule has 5 nitrogen and oxygen atoms in total. The molecule has 120 valence electrons. The van der Waals surface area contributed by atoms with Gasteiger partial charge in [0, 0.05) is 18.2 Å². The number of dihydropyridines is 1. The summed E-state index contributed by atoms with van der Waals surface area (Å²) in [7, 11) is 0. The molecule has 0 saturated carbocycles. The molecule has 2 aliphatic rings. The van der Waals surface area contributed by atoms with Gasteiger partial charge in [-0.1, -0.05) is 54.6 Å². The van der Waals surface area contributed by atoms with Crippen LogP contribution >= 0.6 is 0 Å². The highest BCUT2D eigenvalue weighted by Crippen LogP contribution is 2.44. The molecule has 2 aliphatic heterocycles. The van der Waals surface area contributed by atoms with Crippen molar-refractivity contribution < 1.29 is 4.79 Å². The monoisotopic (exact) mass is 318 g/mol. The van der Waals surface area contributed by atoms with Gasteiger partial charge in [-0.25, -0.2) is 4.99 Å². The Morgan fingerprint density at radius 1 is 1.08 bits per heavy atom. The topological polar surface area (TPSA) is 84.7 Å². The Morgan fingerprint density at radius 2 is 1.79 bits per heavy atom. The van der Waals surface area contributed by atoms with Crippen LogP contribution in [0.2, 0.25) is 0 Å². The first-order valence-corrected chi connectivity index (χ1v) is 7.90. The molecule has 2 heterocycles. The van der Waals surface area contributed by atoms with Crippen molar-refractivity contribution in [2.45, 2.75) is 18.6 Å². The van der Waals surface area contributed by atoms with Gasteiger partial charge >= 0.3 is 0 Å². The van der Waals surface area contributed by atoms with E-state index in [1.165, 1.54) is 5.56 Å². The van der Waals surface area contributed by atoms with E-state index in [-0.39, 0.29) is 17.9 Å². The molecular formula is C19H18N4O. The first-order valence-electron chi connectivity index (χ1n) is 7.90. The summed E-state index contributed by atoms with van der Waals surface area (Å²) in [6, 6.07) is 18.4. The number of nitrogens with two attached hydrogens (primary N) is 2. The van der Waals surface area contributed by atoms with E-state index < -0.39 is 5.91 Å². The number of benzene rings is 2. The molecule has 5 heteroatoms. The molecule has 2 atom stereocenters. The van der Waals surface area contributed by atoms with Gasteiger partial charge in [0.15, 0.2) is 0 Å². The van der Waals surface area contributed by atoms with Crippen molar-refractivity contribution >= 4 is 17.4 Å². The fourth-order valence-corrected chi connectivity index (χ4v) is 3.50. The number of nitrogens with zero attached hydrogens (tertiary/aromatic N) is 2. The third-order valence-electron chi connectivity index (χ3n) is 4.60. The van der Waals surface area contributed by atoms with Gasteiger partial charge in [0.2, 0.25) is 0 Å². The molecule has 24 heavy (non-hydrogen) atoms. The summed E-state index contributed by atoms with van der Waals surface area (Å²) in [5, 5.41) is 0. The fraction of sp³-hybridized carbons (Fsp3) is 0.158. The van der Waals surface area contributed by atoms with Crippen molar-refractivity contribution in [1.29, 1.82) is 0 Å². The number of hydrogen-bond donors (Lipinski definition) is 2. The number of rotatable bonds is 3. The van der Waals surface area contributed by atoms with Crippen molar-refractivity contribution in [3.8, 4) is 0 Å². The van der Waals surface area contributed by atoms with Crippen LogP contribution < -0.4 is 16.4 Å². The summed E-state index contributed by atoms with van der Waals surface area (Å²) in [6.45, 7) is 0.732. The number of carbonyl (C=O) groups is 1. The van der Waals surface area contributed by atoms with Crippen molar-refractivity contribution in [3.05, 3.63) is 77.4 Å². The molecule has 2 aromatic carbocycles. The number of fused-ring (bicyclic) bond motifs is 3. The molecule has 0 bridgehead atoms. The first kappa shape index (κ1) is 14.5. The number of carbonyl (C=O) groups excluding carboxylic acids is 1. The molecule has 2 aromatic rings. The zero-order valence-electron chi connectivity index (χ0n) is 13.1. The highest BCUT2D eigenvalue weighted by Gasteiger charge is 2.40. The number of hydrogen-bond acceptors (Lipinski definition) is 4. The molecule has 4 N–H and O–H groups in total. The fourth-order valence-electron chi connectivity index (χ4n) is 3.50. The molecule has 1 amide bonds. The zero-order valence-corrected chi connectivity index (χ0v) is 13.1. The van der Waals surface area contributed by atoms with Crippen LogP contribution in [0.5, 0.6) is 0 Å². The summed E-state index contributed by atoms with van der Waals surface area (Å²) in [4.78, 5) is 18.4. The molecule has 0 radical (unpaired) electrons. The maximum Gasteiger partial charge on any atom is 0.252 e. The first-order chi connectivity index (χ1) is 11.6. The molecule has 0 spiro atoms. The Bertz CT molecular complexity index is 857. The van der Waals surface area contributed by atoms with Crippen LogP contribution in [0.25, 0.3) is 0 Å². The van der Waals surface area contributed by atoms with E-state index in [1.807, 2.05) is 36.4 Å². The van der Waals surface area contributed by atoms with Crippen LogP contribution in [0, 0.1) is 0 Å². The number of primary amides is 1. The molecule has 0 fully saturated rings. The van der Waals surface area contributed by atoms with Crippen LogP contribution in [-0.4, -0.2) is 17.9 Å². The Hall–Kier alpha value is -3.08. The highest BCUT2D eigenvalue weighted by molar-refractivity contribution is 6.20. The van der Waals surface area contributed by atoms with Crippen LogP contribution in [0.4, 0.5) is 5.69 Å². The average Bonchev–Trinajstić information content (AvgIpc) is 2.88. The minimum atomic E-state index is -0.534. The third kappa shape index (κ3) is 2.25. The van der Waals surface area contributed by atoms with Crippen molar-refractivity contribution in [2.75, 3.05) is 4.90 Å². The highest BCUT2D eigenvalue weighted by atomic mass is 16.1. The summed E-state index contributed by atoms with van der Waals surface area (Å²) >= 11 is 0. The predicted octanol–water partition coefficient (Wildman–Crippen LogP) is 1.90. The minimum Gasteiger partial charge on any atom is -0.383 e. The van der Waals surface area contributed by atoms with Crippen molar-refractivity contribution in [2.24, 2.45) is 16.5 Å². The van der Waals surface area contributed by atoms with Crippen LogP contribution in [0.1, 0.15) is 17.0 Å². The van der Waals surface area contributed by atoms with Gasteiger partial charge in [-0.15, -0.1) is 0 Å². The third-order valence-corrected chi connectivity index (χ3v) is 4.60. The number of amides is 1. The zero-order chi connectivity index (χ0) is 16.7. The molecule has 0 aromatic heterocycles. The van der Waals surface area contributed by atoms with Gasteiger partial charge in [-0.05, 0) is 17.2 Å². The lowest BCUT2D eigenvalue weighted by atomic mass is 9.93. The van der Waals surface area contributed by atoms with Gasteiger partial charge in [-0.3, -0.25) is 4.79 Å². The van der Waals surface area contributed by atoms with Gasteiger partial charge in [0.25, 0.3) is 5.91 Å². The quantitative estimate of drug-likeness (QED) is 0.906. The lowest BCUT2D eigenvalue weighted by Crippen LogP contribution is -2.39. The van der Waals surface area contributed by atoms with Gasteiger partial charge in [0.05, 0.1) is 5.57 Å². The predicted molar refractivity (Wildman–Crippen MR) is 94.5 cm³/mol. The SMILES string of the molecule is NC(=O)C1=CC2c3ccccc3N(Cc3ccccc3)C2N=C1N. The smallest absolute Gasteiger partial charge is 0.252 e. The normalized spacial score (nSPS) is 21.6. The lowest BCUT2D eigenvalue weighted by molar-refractivity contribution is -0.114. The van der Waals surface area contributed by atoms with Gasteiger partial charge < -0.3 is 16.4 Å². The van der Waals surface area contributed by atoms with Crippen molar-refractivity contribution in [3.63, 3.8) is 0 Å². The molecule has 4 rings (SSSR count). The Kier molecular flexibility index (Phi) is 3.34. The van der Waals surface area contributed by atoms with Crippen LogP contribution in [-0.2, 0) is 11.3 Å². The summed E-state index contributed by atoms with van der Waals surface area (Å²) in [5.74, 6) is -0.331. The number of amidine groups is 1. The Morgan fingerprint density at radius 3 is 2.54 bits per heavy atom. The second-order valence-electron chi connectivity index (χ2n) is 6.07. The Balaban J connectivity index is 1.78. The summed E-state index contributed by atoms with van der Waals surface area (Å²) < 4.78 is 0. The van der Waals surface area contributed by atoms with E-state index in [0.29, 0.717) is 5.57 Å². The van der Waals surface area contributed by atoms with Crippen LogP contribution in [0.3, 0.4) is 0 Å². The van der Waals surface area contributed by atoms with E-state index in [2.05, 4.69) is 34.2 Å².